The first kappa shape index (κ1) is 21.9. The van der Waals surface area contributed by atoms with E-state index < -0.39 is 0 Å². The fraction of sp³-hybridized carbons (Fsp3) is 0.560. The number of rotatable bonds is 5. The lowest BCUT2D eigenvalue weighted by atomic mass is 9.89. The number of hydrogen-bond donors (Lipinski definition) is 1. The highest BCUT2D eigenvalue weighted by atomic mass is 16.5. The Kier molecular flexibility index (Phi) is 6.10. The summed E-state index contributed by atoms with van der Waals surface area (Å²) in [6.45, 7) is 8.52. The average Bonchev–Trinajstić information content (AvgIpc) is 3.17. The molecule has 1 aliphatic heterocycles. The van der Waals surface area contributed by atoms with Gasteiger partial charge in [0.2, 0.25) is 0 Å². The summed E-state index contributed by atoms with van der Waals surface area (Å²) in [6, 6.07) is 6.19. The molecule has 8 nitrogen and oxygen atoms in total. The molecule has 0 spiro atoms. The van der Waals surface area contributed by atoms with Crippen molar-refractivity contribution in [2.24, 2.45) is 0 Å². The number of likely N-dealkylation sites (N-methyl/N-ethyl adjacent to an activating group) is 1. The fourth-order valence-electron chi connectivity index (χ4n) is 5.17. The van der Waals surface area contributed by atoms with Gasteiger partial charge < -0.3 is 14.5 Å². The molecular weight excluding hydrogens is 416 g/mol. The Morgan fingerprint density at radius 2 is 1.85 bits per heavy atom. The molecule has 1 saturated heterocycles. The Hall–Kier alpha value is -2.87. The summed E-state index contributed by atoms with van der Waals surface area (Å²) in [5.41, 5.74) is 3.20. The second kappa shape index (κ2) is 9.17. The monoisotopic (exact) mass is 450 g/mol. The third-order valence-corrected chi connectivity index (χ3v) is 7.05. The smallest absolute Gasteiger partial charge is 0.334 e. The van der Waals surface area contributed by atoms with E-state index in [1.54, 1.807) is 4.40 Å². The molecule has 33 heavy (non-hydrogen) atoms. The number of aromatic amines is 1. The van der Waals surface area contributed by atoms with Gasteiger partial charge in [0, 0.05) is 43.9 Å². The molecule has 1 aliphatic carbocycles. The predicted octanol–water partition coefficient (Wildman–Crippen LogP) is 3.59. The van der Waals surface area contributed by atoms with Gasteiger partial charge in [-0.25, -0.2) is 19.2 Å². The number of H-pyrrole nitrogens is 1. The Labute approximate surface area is 194 Å². The number of aromatic nitrogens is 4. The zero-order valence-corrected chi connectivity index (χ0v) is 19.9. The molecule has 0 atom stereocenters. The highest BCUT2D eigenvalue weighted by Gasteiger charge is 2.24. The van der Waals surface area contributed by atoms with Crippen LogP contribution in [0.4, 0.5) is 5.69 Å². The molecular formula is C25H34N6O2. The largest absolute Gasteiger partial charge is 0.493 e. The van der Waals surface area contributed by atoms with Gasteiger partial charge in [0.1, 0.15) is 17.4 Å². The van der Waals surface area contributed by atoms with Gasteiger partial charge in [-0.2, -0.15) is 0 Å². The Balaban J connectivity index is 1.54. The van der Waals surface area contributed by atoms with E-state index in [0.717, 1.165) is 67.5 Å². The van der Waals surface area contributed by atoms with E-state index in [9.17, 15) is 4.79 Å². The van der Waals surface area contributed by atoms with Crippen LogP contribution in [-0.4, -0.2) is 64.1 Å². The number of ether oxygens (including phenoxy) is 1. The normalized spacial score (nSPS) is 18.2. The third kappa shape index (κ3) is 4.24. The molecule has 2 fully saturated rings. The maximum atomic E-state index is 13.2. The lowest BCUT2D eigenvalue weighted by Gasteiger charge is -2.34. The Morgan fingerprint density at radius 1 is 1.09 bits per heavy atom. The molecule has 5 rings (SSSR count). The van der Waals surface area contributed by atoms with E-state index in [-0.39, 0.29) is 5.69 Å². The number of nitrogens with one attached hydrogen (secondary N) is 1. The van der Waals surface area contributed by atoms with E-state index >= 15 is 0 Å². The van der Waals surface area contributed by atoms with Crippen LogP contribution < -0.4 is 15.3 Å². The average molecular weight is 451 g/mol. The van der Waals surface area contributed by atoms with E-state index in [0.29, 0.717) is 24.0 Å². The quantitative estimate of drug-likeness (QED) is 0.640. The van der Waals surface area contributed by atoms with Gasteiger partial charge in [0.25, 0.3) is 0 Å². The number of hydrogen-bond acceptors (Lipinski definition) is 6. The summed E-state index contributed by atoms with van der Waals surface area (Å²) < 4.78 is 7.69. The maximum absolute atomic E-state index is 13.2. The van der Waals surface area contributed by atoms with E-state index in [2.05, 4.69) is 34.0 Å². The van der Waals surface area contributed by atoms with Crippen LogP contribution in [0.15, 0.2) is 23.0 Å². The molecule has 0 radical (unpaired) electrons. The molecule has 1 saturated carbocycles. The van der Waals surface area contributed by atoms with Gasteiger partial charge in [-0.3, -0.25) is 4.98 Å². The van der Waals surface area contributed by atoms with Crippen molar-refractivity contribution in [3.8, 4) is 17.1 Å². The minimum atomic E-state index is -0.179. The predicted molar refractivity (Wildman–Crippen MR) is 130 cm³/mol. The summed E-state index contributed by atoms with van der Waals surface area (Å²) in [4.78, 5) is 30.6. The Bertz CT molecular complexity index is 1190. The first-order chi connectivity index (χ1) is 16.0. The summed E-state index contributed by atoms with van der Waals surface area (Å²) >= 11 is 0. The number of nitrogens with zero attached hydrogens (tertiary/aromatic N) is 5. The van der Waals surface area contributed by atoms with Crippen molar-refractivity contribution >= 4 is 11.3 Å². The van der Waals surface area contributed by atoms with Gasteiger partial charge in [0.05, 0.1) is 17.9 Å². The van der Waals surface area contributed by atoms with Crippen molar-refractivity contribution in [3.05, 3.63) is 40.2 Å². The Morgan fingerprint density at radius 3 is 2.58 bits per heavy atom. The highest BCUT2D eigenvalue weighted by molar-refractivity contribution is 5.70. The first-order valence-corrected chi connectivity index (χ1v) is 12.2. The molecule has 2 aliphatic rings. The van der Waals surface area contributed by atoms with Crippen LogP contribution in [0.1, 0.15) is 56.5 Å². The summed E-state index contributed by atoms with van der Waals surface area (Å²) in [5, 5.41) is 0. The van der Waals surface area contributed by atoms with Gasteiger partial charge in [-0.1, -0.05) is 19.3 Å². The number of anilines is 1. The van der Waals surface area contributed by atoms with Crippen molar-refractivity contribution in [3.63, 3.8) is 0 Å². The molecule has 0 amide bonds. The summed E-state index contributed by atoms with van der Waals surface area (Å²) in [7, 11) is 2.16. The zero-order chi connectivity index (χ0) is 22.9. The van der Waals surface area contributed by atoms with E-state index in [1.807, 2.05) is 19.9 Å². The number of fused-ring (bicyclic) bond motifs is 1. The highest BCUT2D eigenvalue weighted by Crippen LogP contribution is 2.34. The molecule has 0 unspecified atom stereocenters. The van der Waals surface area contributed by atoms with Crippen LogP contribution >= 0.6 is 0 Å². The maximum Gasteiger partial charge on any atom is 0.334 e. The second-order valence-corrected chi connectivity index (χ2v) is 9.34. The number of aryl methyl sites for hydroxylation is 1. The topological polar surface area (TPSA) is 78.8 Å². The van der Waals surface area contributed by atoms with E-state index in [1.165, 1.54) is 19.3 Å². The molecule has 8 heteroatoms. The first-order valence-electron chi connectivity index (χ1n) is 12.2. The summed E-state index contributed by atoms with van der Waals surface area (Å²) in [6.07, 6.45) is 5.82. The molecule has 2 aromatic heterocycles. The molecule has 1 aromatic carbocycles. The number of benzene rings is 1. The molecule has 0 bridgehead atoms. The van der Waals surface area contributed by atoms with Crippen LogP contribution in [0.3, 0.4) is 0 Å². The van der Waals surface area contributed by atoms with Crippen molar-refractivity contribution in [1.82, 2.24) is 24.3 Å². The summed E-state index contributed by atoms with van der Waals surface area (Å²) in [5.74, 6) is 2.46. The van der Waals surface area contributed by atoms with Crippen molar-refractivity contribution < 1.29 is 4.74 Å². The second-order valence-electron chi connectivity index (χ2n) is 9.34. The van der Waals surface area contributed by atoms with Crippen LogP contribution in [0, 0.1) is 6.92 Å². The number of imidazole rings is 1. The molecule has 176 valence electrons. The van der Waals surface area contributed by atoms with E-state index in [4.69, 9.17) is 14.7 Å². The van der Waals surface area contributed by atoms with Crippen LogP contribution in [-0.2, 0) is 0 Å². The lowest BCUT2D eigenvalue weighted by molar-refractivity contribution is 0.312. The fourth-order valence-corrected chi connectivity index (χ4v) is 5.17. The SMILES string of the molecule is CCOc1cc(N2CCN(C)CC2)ccc1-c1nc2c(C)nc(C3CCCCC3)n2c(=O)[nH]1. The minimum absolute atomic E-state index is 0.179. The van der Waals surface area contributed by atoms with Gasteiger partial charge in [0.15, 0.2) is 5.65 Å². The van der Waals surface area contributed by atoms with Crippen molar-refractivity contribution in [2.45, 2.75) is 51.9 Å². The van der Waals surface area contributed by atoms with Crippen LogP contribution in [0.25, 0.3) is 17.0 Å². The zero-order valence-electron chi connectivity index (χ0n) is 19.9. The minimum Gasteiger partial charge on any atom is -0.493 e. The van der Waals surface area contributed by atoms with Gasteiger partial charge in [-0.05, 0) is 45.9 Å². The molecule has 3 heterocycles. The van der Waals surface area contributed by atoms with Gasteiger partial charge in [-0.15, -0.1) is 0 Å². The molecule has 3 aromatic rings. The van der Waals surface area contributed by atoms with Crippen molar-refractivity contribution in [1.29, 1.82) is 0 Å². The lowest BCUT2D eigenvalue weighted by Crippen LogP contribution is -2.44. The third-order valence-electron chi connectivity index (χ3n) is 7.05. The standard InChI is InChI=1S/C25H34N6O2/c1-4-33-21-16-19(30-14-12-29(3)13-15-30)10-11-20(21)22-27-23-17(2)26-24(31(23)25(32)28-22)18-8-6-5-7-9-18/h10-11,16,18H,4-9,12-15H2,1-3H3,(H,27,28,32). The number of piperazine rings is 1. The van der Waals surface area contributed by atoms with Crippen molar-refractivity contribution in [2.75, 3.05) is 44.7 Å². The van der Waals surface area contributed by atoms with Crippen LogP contribution in [0.5, 0.6) is 5.75 Å². The van der Waals surface area contributed by atoms with Crippen LogP contribution in [0.2, 0.25) is 0 Å². The molecule has 1 N–H and O–H groups in total. The van der Waals surface area contributed by atoms with Gasteiger partial charge >= 0.3 is 5.69 Å².